The van der Waals surface area contributed by atoms with Crippen LogP contribution in [0.4, 0.5) is 0 Å². The fourth-order valence-electron chi connectivity index (χ4n) is 4.62. The number of hydrogen-bond acceptors (Lipinski definition) is 2. The second-order valence-corrected chi connectivity index (χ2v) is 8.48. The highest BCUT2D eigenvalue weighted by Crippen LogP contribution is 2.55. The van der Waals surface area contributed by atoms with Crippen molar-refractivity contribution in [2.75, 3.05) is 0 Å². The van der Waals surface area contributed by atoms with Crippen LogP contribution in [0.3, 0.4) is 0 Å². The van der Waals surface area contributed by atoms with Crippen LogP contribution in [0.15, 0.2) is 12.2 Å². The molecule has 0 radical (unpaired) electrons. The lowest BCUT2D eigenvalue weighted by atomic mass is 9.53. The van der Waals surface area contributed by atoms with Crippen LogP contribution in [-0.2, 0) is 9.59 Å². The summed E-state index contributed by atoms with van der Waals surface area (Å²) in [5.41, 5.74) is -2.37. The first-order valence-corrected chi connectivity index (χ1v) is 10.4. The quantitative estimate of drug-likeness (QED) is 0.307. The molecule has 4 nitrogen and oxygen atoms in total. The predicted molar refractivity (Wildman–Crippen MR) is 105 cm³/mol. The Hall–Kier alpha value is -1.32. The Bertz CT molecular complexity index is 483. The Morgan fingerprint density at radius 1 is 0.846 bits per heavy atom. The third-order valence-electron chi connectivity index (χ3n) is 6.05. The topological polar surface area (TPSA) is 74.6 Å². The highest BCUT2D eigenvalue weighted by atomic mass is 16.4. The van der Waals surface area contributed by atoms with Crippen molar-refractivity contribution in [3.05, 3.63) is 12.2 Å². The Balaban J connectivity index is 2.79. The molecule has 0 fully saturated rings. The highest BCUT2D eigenvalue weighted by molar-refractivity contribution is 5.87. The van der Waals surface area contributed by atoms with Gasteiger partial charge in [0.2, 0.25) is 0 Å². The highest BCUT2D eigenvalue weighted by Gasteiger charge is 2.60. The van der Waals surface area contributed by atoms with Crippen LogP contribution in [0, 0.1) is 16.7 Å². The fourth-order valence-corrected chi connectivity index (χ4v) is 4.62. The van der Waals surface area contributed by atoms with Crippen molar-refractivity contribution in [2.24, 2.45) is 16.7 Å². The summed E-state index contributed by atoms with van der Waals surface area (Å²) in [4.78, 5) is 24.6. The third-order valence-corrected chi connectivity index (χ3v) is 6.05. The first-order valence-electron chi connectivity index (χ1n) is 10.4. The van der Waals surface area contributed by atoms with E-state index >= 15 is 0 Å². The Labute approximate surface area is 159 Å². The molecule has 2 atom stereocenters. The van der Waals surface area contributed by atoms with Crippen molar-refractivity contribution in [3.63, 3.8) is 0 Å². The second-order valence-electron chi connectivity index (χ2n) is 8.48. The summed E-state index contributed by atoms with van der Waals surface area (Å²) in [6.45, 7) is 6.16. The molecular formula is C22H38O4. The van der Waals surface area contributed by atoms with Gasteiger partial charge in [-0.3, -0.25) is 9.59 Å². The maximum absolute atomic E-state index is 12.3. The van der Waals surface area contributed by atoms with Gasteiger partial charge in [-0.1, -0.05) is 84.3 Å². The minimum absolute atomic E-state index is 0.148. The molecule has 0 saturated carbocycles. The van der Waals surface area contributed by atoms with Gasteiger partial charge in [-0.25, -0.2) is 0 Å². The largest absolute Gasteiger partial charge is 0.481 e. The molecule has 1 aliphatic rings. The number of rotatable bonds is 13. The number of carboxylic acid groups (broad SMARTS) is 2. The predicted octanol–water partition coefficient (Wildman–Crippen LogP) is 6.06. The number of unbranched alkanes of at least 4 members (excludes halogenated alkanes) is 7. The summed E-state index contributed by atoms with van der Waals surface area (Å²) in [5.74, 6) is -1.74. The fraction of sp³-hybridized carbons (Fsp3) is 0.818. The summed E-state index contributed by atoms with van der Waals surface area (Å²) in [7, 11) is 0. The molecule has 1 rings (SSSR count). The standard InChI is InChI=1S/C22H38O4/c1-4-5-6-7-8-9-10-11-14-21(19(23)24)15-12-13-16-22(21,20(25)26)17-18(2)3/h12-13,18H,4-11,14-17H2,1-3H3,(H,23,24)(H,25,26). The maximum Gasteiger partial charge on any atom is 0.311 e. The number of carboxylic acids is 2. The maximum atomic E-state index is 12.3. The number of aliphatic carboxylic acids is 2. The first kappa shape index (κ1) is 22.7. The van der Waals surface area contributed by atoms with Gasteiger partial charge in [-0.2, -0.15) is 0 Å². The third kappa shape index (κ3) is 5.34. The van der Waals surface area contributed by atoms with Gasteiger partial charge in [0.05, 0.1) is 10.8 Å². The molecule has 0 aromatic carbocycles. The Morgan fingerprint density at radius 2 is 1.31 bits per heavy atom. The molecule has 0 amide bonds. The van der Waals surface area contributed by atoms with Crippen LogP contribution in [0.25, 0.3) is 0 Å². The van der Waals surface area contributed by atoms with Gasteiger partial charge in [-0.15, -0.1) is 0 Å². The van der Waals surface area contributed by atoms with Gasteiger partial charge in [0.15, 0.2) is 0 Å². The van der Waals surface area contributed by atoms with E-state index in [2.05, 4.69) is 6.92 Å². The van der Waals surface area contributed by atoms with Crippen LogP contribution in [0.1, 0.15) is 97.8 Å². The Kier molecular flexibility index (Phi) is 9.38. The zero-order valence-electron chi connectivity index (χ0n) is 16.9. The molecular weight excluding hydrogens is 328 g/mol. The molecule has 0 spiro atoms. The van der Waals surface area contributed by atoms with E-state index in [0.29, 0.717) is 25.7 Å². The molecule has 0 bridgehead atoms. The van der Waals surface area contributed by atoms with Gasteiger partial charge in [0, 0.05) is 0 Å². The van der Waals surface area contributed by atoms with Gasteiger partial charge in [0.1, 0.15) is 0 Å². The van der Waals surface area contributed by atoms with Crippen molar-refractivity contribution in [2.45, 2.75) is 97.8 Å². The monoisotopic (exact) mass is 366 g/mol. The molecule has 4 heteroatoms. The molecule has 0 heterocycles. The van der Waals surface area contributed by atoms with Crippen molar-refractivity contribution in [1.82, 2.24) is 0 Å². The minimum atomic E-state index is -1.19. The lowest BCUT2D eigenvalue weighted by molar-refractivity contribution is -0.178. The molecule has 0 aliphatic heterocycles. The zero-order chi connectivity index (χ0) is 19.6. The van der Waals surface area contributed by atoms with E-state index in [9.17, 15) is 19.8 Å². The van der Waals surface area contributed by atoms with Crippen LogP contribution >= 0.6 is 0 Å². The van der Waals surface area contributed by atoms with E-state index in [0.717, 1.165) is 19.3 Å². The first-order chi connectivity index (χ1) is 12.3. The second kappa shape index (κ2) is 10.7. The Morgan fingerprint density at radius 3 is 1.77 bits per heavy atom. The van der Waals surface area contributed by atoms with Gasteiger partial charge in [-0.05, 0) is 31.6 Å². The molecule has 1 aliphatic carbocycles. The summed E-state index contributed by atoms with van der Waals surface area (Å²) >= 11 is 0. The molecule has 150 valence electrons. The van der Waals surface area contributed by atoms with E-state index in [1.54, 1.807) is 0 Å². The van der Waals surface area contributed by atoms with Crippen molar-refractivity contribution >= 4 is 11.9 Å². The summed E-state index contributed by atoms with van der Waals surface area (Å²) in [5, 5.41) is 20.1. The van der Waals surface area contributed by atoms with Crippen molar-refractivity contribution in [3.8, 4) is 0 Å². The van der Waals surface area contributed by atoms with Crippen molar-refractivity contribution in [1.29, 1.82) is 0 Å². The molecule has 26 heavy (non-hydrogen) atoms. The smallest absolute Gasteiger partial charge is 0.311 e. The average Bonchev–Trinajstić information content (AvgIpc) is 2.57. The summed E-state index contributed by atoms with van der Waals surface area (Å²) in [6, 6.07) is 0. The van der Waals surface area contributed by atoms with E-state index < -0.39 is 22.8 Å². The summed E-state index contributed by atoms with van der Waals surface area (Å²) < 4.78 is 0. The zero-order valence-corrected chi connectivity index (χ0v) is 16.9. The summed E-state index contributed by atoms with van der Waals surface area (Å²) in [6.07, 6.45) is 14.4. The van der Waals surface area contributed by atoms with E-state index in [1.807, 2.05) is 26.0 Å². The van der Waals surface area contributed by atoms with E-state index in [4.69, 9.17) is 0 Å². The lowest BCUT2D eigenvalue weighted by Crippen LogP contribution is -2.54. The van der Waals surface area contributed by atoms with Crippen LogP contribution in [0.5, 0.6) is 0 Å². The van der Waals surface area contributed by atoms with Crippen LogP contribution < -0.4 is 0 Å². The van der Waals surface area contributed by atoms with Gasteiger partial charge >= 0.3 is 11.9 Å². The minimum Gasteiger partial charge on any atom is -0.481 e. The number of hydrogen-bond donors (Lipinski definition) is 2. The SMILES string of the molecule is CCCCCCCCCCC1(C(=O)O)CC=CCC1(CC(C)C)C(=O)O. The van der Waals surface area contributed by atoms with Gasteiger partial charge in [0.25, 0.3) is 0 Å². The van der Waals surface area contributed by atoms with Crippen molar-refractivity contribution < 1.29 is 19.8 Å². The van der Waals surface area contributed by atoms with Crippen LogP contribution in [0.2, 0.25) is 0 Å². The number of carbonyl (C=O) groups is 2. The van der Waals surface area contributed by atoms with Crippen LogP contribution in [-0.4, -0.2) is 22.2 Å². The molecule has 2 N–H and O–H groups in total. The lowest BCUT2D eigenvalue weighted by Gasteiger charge is -2.47. The number of allylic oxidation sites excluding steroid dienone is 2. The van der Waals surface area contributed by atoms with Gasteiger partial charge < -0.3 is 10.2 Å². The average molecular weight is 367 g/mol. The van der Waals surface area contributed by atoms with E-state index in [-0.39, 0.29) is 5.92 Å². The molecule has 2 unspecified atom stereocenters. The normalized spacial score (nSPS) is 25.5. The molecule has 0 saturated heterocycles. The molecule has 0 aromatic rings. The molecule has 0 aromatic heterocycles. The van der Waals surface area contributed by atoms with E-state index in [1.165, 1.54) is 32.1 Å².